The van der Waals surface area contributed by atoms with Crippen molar-refractivity contribution in [2.45, 2.75) is 20.0 Å². The number of rotatable bonds is 4. The molecule has 0 bridgehead atoms. The number of hydrogen-bond acceptors (Lipinski definition) is 2. The van der Waals surface area contributed by atoms with Gasteiger partial charge in [-0.15, -0.1) is 0 Å². The maximum atomic E-state index is 12.1. The Kier molecular flexibility index (Phi) is 4.44. The number of benzene rings is 1. The topological polar surface area (TPSA) is 26.3 Å². The molecule has 15 heavy (non-hydrogen) atoms. The van der Waals surface area contributed by atoms with E-state index >= 15 is 0 Å². The molecule has 1 rings (SSSR count). The van der Waals surface area contributed by atoms with E-state index in [1.54, 1.807) is 13.0 Å². The fourth-order valence-corrected chi connectivity index (χ4v) is 1.57. The van der Waals surface area contributed by atoms with E-state index in [0.29, 0.717) is 0 Å². The standard InChI is InChI=1S/C10H9F2IO2/c1-2-8(14)7-4-3-6(13)5-9(7)15-10(11)12/h3-5,10H,2H2,1H3. The van der Waals surface area contributed by atoms with Gasteiger partial charge in [-0.1, -0.05) is 6.92 Å². The normalized spacial score (nSPS) is 10.5. The Bertz CT molecular complexity index is 366. The van der Waals surface area contributed by atoms with Crippen molar-refractivity contribution in [3.63, 3.8) is 0 Å². The van der Waals surface area contributed by atoms with Crippen LogP contribution < -0.4 is 4.74 Å². The third-order valence-corrected chi connectivity index (χ3v) is 2.45. The van der Waals surface area contributed by atoms with Crippen molar-refractivity contribution in [2.75, 3.05) is 0 Å². The molecule has 0 amide bonds. The second-order valence-electron chi connectivity index (χ2n) is 2.80. The monoisotopic (exact) mass is 326 g/mol. The van der Waals surface area contributed by atoms with Gasteiger partial charge in [-0.25, -0.2) is 0 Å². The number of halogens is 3. The molecule has 5 heteroatoms. The van der Waals surface area contributed by atoms with Crippen molar-refractivity contribution in [2.24, 2.45) is 0 Å². The van der Waals surface area contributed by atoms with Crippen LogP contribution in [0.4, 0.5) is 8.78 Å². The lowest BCUT2D eigenvalue weighted by atomic mass is 10.1. The SMILES string of the molecule is CCC(=O)c1ccc(I)cc1OC(F)F. The third-order valence-electron chi connectivity index (χ3n) is 1.78. The second-order valence-corrected chi connectivity index (χ2v) is 4.04. The van der Waals surface area contributed by atoms with Gasteiger partial charge in [0.15, 0.2) is 5.78 Å². The van der Waals surface area contributed by atoms with Crippen LogP contribution in [-0.2, 0) is 0 Å². The van der Waals surface area contributed by atoms with Crippen LogP contribution in [0.2, 0.25) is 0 Å². The molecule has 0 saturated carbocycles. The number of ketones is 1. The number of Topliss-reactive ketones (excluding diaryl/α,β-unsaturated/α-hetero) is 1. The zero-order valence-corrected chi connectivity index (χ0v) is 10.1. The highest BCUT2D eigenvalue weighted by Gasteiger charge is 2.14. The minimum atomic E-state index is -2.91. The van der Waals surface area contributed by atoms with Gasteiger partial charge in [-0.05, 0) is 40.8 Å². The van der Waals surface area contributed by atoms with Crippen molar-refractivity contribution < 1.29 is 18.3 Å². The average Bonchev–Trinajstić information content (AvgIpc) is 2.16. The van der Waals surface area contributed by atoms with Crippen LogP contribution in [0, 0.1) is 3.57 Å². The quantitative estimate of drug-likeness (QED) is 0.625. The van der Waals surface area contributed by atoms with Gasteiger partial charge in [0.25, 0.3) is 0 Å². The first kappa shape index (κ1) is 12.4. The van der Waals surface area contributed by atoms with E-state index < -0.39 is 6.61 Å². The summed E-state index contributed by atoms with van der Waals surface area (Å²) in [5, 5.41) is 0. The summed E-state index contributed by atoms with van der Waals surface area (Å²) < 4.78 is 29.2. The first-order chi connectivity index (χ1) is 7.04. The lowest BCUT2D eigenvalue weighted by molar-refractivity contribution is -0.0501. The molecule has 82 valence electrons. The van der Waals surface area contributed by atoms with Gasteiger partial charge in [-0.2, -0.15) is 8.78 Å². The molecular formula is C10H9F2IO2. The van der Waals surface area contributed by atoms with Crippen molar-refractivity contribution in [3.8, 4) is 5.75 Å². The summed E-state index contributed by atoms with van der Waals surface area (Å²) >= 11 is 1.97. The Labute approximate surface area is 99.8 Å². The summed E-state index contributed by atoms with van der Waals surface area (Å²) in [4.78, 5) is 11.4. The summed E-state index contributed by atoms with van der Waals surface area (Å²) in [6.07, 6.45) is 0.264. The predicted molar refractivity (Wildman–Crippen MR) is 60.4 cm³/mol. The van der Waals surface area contributed by atoms with Crippen LogP contribution in [0.15, 0.2) is 18.2 Å². The molecule has 0 fully saturated rings. The van der Waals surface area contributed by atoms with Crippen LogP contribution in [0.25, 0.3) is 0 Å². The van der Waals surface area contributed by atoms with Gasteiger partial charge >= 0.3 is 6.61 Å². The average molecular weight is 326 g/mol. The highest BCUT2D eigenvalue weighted by Crippen LogP contribution is 2.24. The molecular weight excluding hydrogens is 317 g/mol. The van der Waals surface area contributed by atoms with Crippen LogP contribution in [0.5, 0.6) is 5.75 Å². The zero-order valence-electron chi connectivity index (χ0n) is 7.97. The lowest BCUT2D eigenvalue weighted by Gasteiger charge is -2.09. The lowest BCUT2D eigenvalue weighted by Crippen LogP contribution is -2.07. The molecule has 1 aromatic carbocycles. The van der Waals surface area contributed by atoms with Gasteiger partial charge in [-0.3, -0.25) is 4.79 Å². The van der Waals surface area contributed by atoms with E-state index in [-0.39, 0.29) is 23.5 Å². The maximum absolute atomic E-state index is 12.1. The summed E-state index contributed by atoms with van der Waals surface area (Å²) in [5.41, 5.74) is 0.207. The molecule has 0 aliphatic heterocycles. The molecule has 0 N–H and O–H groups in total. The number of carbonyl (C=O) groups excluding carboxylic acids is 1. The van der Waals surface area contributed by atoms with Crippen LogP contribution >= 0.6 is 22.6 Å². The fourth-order valence-electron chi connectivity index (χ4n) is 1.11. The highest BCUT2D eigenvalue weighted by atomic mass is 127. The summed E-state index contributed by atoms with van der Waals surface area (Å²) in [5.74, 6) is -0.259. The molecule has 0 unspecified atom stereocenters. The van der Waals surface area contributed by atoms with Crippen molar-refractivity contribution in [1.82, 2.24) is 0 Å². The Hall–Kier alpha value is -0.720. The van der Waals surface area contributed by atoms with E-state index in [2.05, 4.69) is 4.74 Å². The van der Waals surface area contributed by atoms with Crippen molar-refractivity contribution in [3.05, 3.63) is 27.3 Å². The van der Waals surface area contributed by atoms with E-state index in [1.165, 1.54) is 12.1 Å². The molecule has 0 spiro atoms. The first-order valence-electron chi connectivity index (χ1n) is 4.32. The molecule has 2 nitrogen and oxygen atoms in total. The smallest absolute Gasteiger partial charge is 0.387 e. The minimum absolute atomic E-state index is 0.0521. The molecule has 1 aromatic rings. The molecule has 0 aromatic heterocycles. The van der Waals surface area contributed by atoms with E-state index in [9.17, 15) is 13.6 Å². The Morgan fingerprint density at radius 2 is 2.20 bits per heavy atom. The van der Waals surface area contributed by atoms with E-state index in [4.69, 9.17) is 0 Å². The van der Waals surface area contributed by atoms with Crippen LogP contribution in [0.3, 0.4) is 0 Å². The number of hydrogen-bond donors (Lipinski definition) is 0. The van der Waals surface area contributed by atoms with Gasteiger partial charge in [0, 0.05) is 9.99 Å². The predicted octanol–water partition coefficient (Wildman–Crippen LogP) is 3.49. The third kappa shape index (κ3) is 3.40. The van der Waals surface area contributed by atoms with Crippen LogP contribution in [0.1, 0.15) is 23.7 Å². The van der Waals surface area contributed by atoms with Gasteiger partial charge in [0.2, 0.25) is 0 Å². The fraction of sp³-hybridized carbons (Fsp3) is 0.300. The van der Waals surface area contributed by atoms with Gasteiger partial charge < -0.3 is 4.74 Å². The van der Waals surface area contributed by atoms with E-state index in [1.807, 2.05) is 22.6 Å². The van der Waals surface area contributed by atoms with Crippen molar-refractivity contribution >= 4 is 28.4 Å². The minimum Gasteiger partial charge on any atom is -0.434 e. The zero-order chi connectivity index (χ0) is 11.4. The Morgan fingerprint density at radius 1 is 1.53 bits per heavy atom. The van der Waals surface area contributed by atoms with Crippen LogP contribution in [-0.4, -0.2) is 12.4 Å². The summed E-state index contributed by atoms with van der Waals surface area (Å²) in [7, 11) is 0. The second kappa shape index (κ2) is 5.39. The van der Waals surface area contributed by atoms with Gasteiger partial charge in [0.1, 0.15) is 5.75 Å². The Morgan fingerprint density at radius 3 is 2.73 bits per heavy atom. The molecule has 0 saturated heterocycles. The van der Waals surface area contributed by atoms with Crippen molar-refractivity contribution in [1.29, 1.82) is 0 Å². The number of carbonyl (C=O) groups is 1. The molecule has 0 aliphatic carbocycles. The number of alkyl halides is 2. The molecule has 0 aliphatic rings. The van der Waals surface area contributed by atoms with Gasteiger partial charge in [0.05, 0.1) is 5.56 Å². The molecule has 0 atom stereocenters. The molecule has 0 heterocycles. The summed E-state index contributed by atoms with van der Waals surface area (Å²) in [6, 6.07) is 4.61. The summed E-state index contributed by atoms with van der Waals surface area (Å²) in [6.45, 7) is -1.24. The van der Waals surface area contributed by atoms with E-state index in [0.717, 1.165) is 3.57 Å². The Balaban J connectivity index is 3.08. The largest absolute Gasteiger partial charge is 0.434 e. The maximum Gasteiger partial charge on any atom is 0.387 e. The molecule has 0 radical (unpaired) electrons. The number of ether oxygens (including phenoxy) is 1. The first-order valence-corrected chi connectivity index (χ1v) is 5.40. The highest BCUT2D eigenvalue weighted by molar-refractivity contribution is 14.1.